The van der Waals surface area contributed by atoms with Crippen molar-refractivity contribution in [2.75, 3.05) is 45.9 Å². The zero-order valence-corrected chi connectivity index (χ0v) is 24.0. The van der Waals surface area contributed by atoms with Gasteiger partial charge in [0.1, 0.15) is 0 Å². The molecule has 1 atom stereocenters. The van der Waals surface area contributed by atoms with Crippen LogP contribution in [0.3, 0.4) is 0 Å². The molecule has 9 nitrogen and oxygen atoms in total. The molecule has 0 bridgehead atoms. The van der Waals surface area contributed by atoms with Gasteiger partial charge in [-0.05, 0) is 55.8 Å². The van der Waals surface area contributed by atoms with Crippen molar-refractivity contribution in [3.05, 3.63) is 76.0 Å². The number of amides is 2. The zero-order chi connectivity index (χ0) is 29.9. The molecule has 0 radical (unpaired) electrons. The van der Waals surface area contributed by atoms with Crippen molar-refractivity contribution < 1.29 is 35.9 Å². The number of hydrogen-bond donors (Lipinski definition) is 1. The summed E-state index contributed by atoms with van der Waals surface area (Å²) in [6.45, 7) is 4.74. The number of ether oxygens (including phenoxy) is 1. The summed E-state index contributed by atoms with van der Waals surface area (Å²) in [5, 5.41) is 3.15. The number of carbonyl (C=O) groups excluding carboxylic acids is 2. The molecule has 0 saturated carbocycles. The van der Waals surface area contributed by atoms with Crippen molar-refractivity contribution in [1.82, 2.24) is 19.4 Å². The fraction of sp³-hybridized carbons (Fsp3) is 0.407. The standard InChI is InChI=1S/C27H30ClF3N4O5S/c1-3-35-22(17-33-13-15-34(16-14-33)41(38,39)21-11-9-20(28)10-12-21)23(25(36)40-4-2)24(32-26(35)37)18-5-7-19(8-6-18)27(29,30)31/h5-12,24H,3-4,13-17H2,1-2H3,(H,32,37)/t24-/m0/s1. The molecule has 1 N–H and O–H groups in total. The Morgan fingerprint density at radius 3 is 2.17 bits per heavy atom. The highest BCUT2D eigenvalue weighted by atomic mass is 35.5. The number of benzene rings is 2. The minimum Gasteiger partial charge on any atom is -0.463 e. The van der Waals surface area contributed by atoms with Crippen LogP contribution in [0.5, 0.6) is 0 Å². The van der Waals surface area contributed by atoms with Crippen molar-refractivity contribution in [3.8, 4) is 0 Å². The van der Waals surface area contributed by atoms with Crippen LogP contribution in [0.15, 0.2) is 64.7 Å². The van der Waals surface area contributed by atoms with E-state index in [1.54, 1.807) is 13.8 Å². The third-order valence-electron chi connectivity index (χ3n) is 6.98. The molecule has 1 saturated heterocycles. The van der Waals surface area contributed by atoms with Crippen molar-refractivity contribution >= 4 is 33.6 Å². The first-order valence-corrected chi connectivity index (χ1v) is 14.8. The molecule has 2 aliphatic rings. The maximum Gasteiger partial charge on any atom is 0.416 e. The number of hydrogen-bond acceptors (Lipinski definition) is 6. The summed E-state index contributed by atoms with van der Waals surface area (Å²) in [6, 6.07) is 8.62. The quantitative estimate of drug-likeness (QED) is 0.446. The number of halogens is 4. The van der Waals surface area contributed by atoms with Crippen molar-refractivity contribution in [3.63, 3.8) is 0 Å². The normalized spacial score (nSPS) is 19.3. The molecular formula is C27H30ClF3N4O5S. The lowest BCUT2D eigenvalue weighted by Crippen LogP contribution is -2.53. The Hall–Kier alpha value is -3.13. The van der Waals surface area contributed by atoms with E-state index < -0.39 is 39.8 Å². The summed E-state index contributed by atoms with van der Waals surface area (Å²) in [5.41, 5.74) is -0.0914. The molecule has 41 heavy (non-hydrogen) atoms. The van der Waals surface area contributed by atoms with Crippen LogP contribution in [0.4, 0.5) is 18.0 Å². The van der Waals surface area contributed by atoms with Gasteiger partial charge < -0.3 is 10.1 Å². The summed E-state index contributed by atoms with van der Waals surface area (Å²) >= 11 is 5.89. The maximum absolute atomic E-state index is 13.2. The predicted molar refractivity (Wildman–Crippen MR) is 145 cm³/mol. The summed E-state index contributed by atoms with van der Waals surface area (Å²) in [5.74, 6) is -0.699. The van der Waals surface area contributed by atoms with Gasteiger partial charge in [0.25, 0.3) is 0 Å². The highest BCUT2D eigenvalue weighted by Gasteiger charge is 2.39. The third kappa shape index (κ3) is 6.69. The van der Waals surface area contributed by atoms with Crippen LogP contribution >= 0.6 is 11.6 Å². The topological polar surface area (TPSA) is 99.3 Å². The van der Waals surface area contributed by atoms with Gasteiger partial charge in [-0.3, -0.25) is 9.80 Å². The first kappa shape index (κ1) is 30.8. The number of sulfonamides is 1. The Morgan fingerprint density at radius 2 is 1.63 bits per heavy atom. The molecule has 14 heteroatoms. The molecule has 0 unspecified atom stereocenters. The van der Waals surface area contributed by atoms with Gasteiger partial charge in [0.15, 0.2) is 0 Å². The molecule has 2 aliphatic heterocycles. The fourth-order valence-corrected chi connectivity index (χ4v) is 6.42. The summed E-state index contributed by atoms with van der Waals surface area (Å²) < 4.78 is 72.3. The molecule has 0 aliphatic carbocycles. The van der Waals surface area contributed by atoms with E-state index in [0.717, 1.165) is 12.1 Å². The number of nitrogens with one attached hydrogen (secondary N) is 1. The van der Waals surface area contributed by atoms with E-state index in [2.05, 4.69) is 5.32 Å². The maximum atomic E-state index is 13.2. The van der Waals surface area contributed by atoms with Crippen molar-refractivity contribution in [1.29, 1.82) is 0 Å². The average molecular weight is 615 g/mol. The summed E-state index contributed by atoms with van der Waals surface area (Å²) in [6.07, 6.45) is -4.54. The van der Waals surface area contributed by atoms with Crippen LogP contribution in [-0.4, -0.2) is 80.4 Å². The zero-order valence-electron chi connectivity index (χ0n) is 22.4. The van der Waals surface area contributed by atoms with Gasteiger partial charge in [0.2, 0.25) is 10.0 Å². The predicted octanol–water partition coefficient (Wildman–Crippen LogP) is 4.27. The average Bonchev–Trinajstić information content (AvgIpc) is 2.93. The minimum absolute atomic E-state index is 0.0522. The van der Waals surface area contributed by atoms with Crippen LogP contribution in [0.25, 0.3) is 0 Å². The molecule has 222 valence electrons. The van der Waals surface area contributed by atoms with Gasteiger partial charge in [-0.1, -0.05) is 23.7 Å². The summed E-state index contributed by atoms with van der Waals surface area (Å²) in [7, 11) is -3.74. The van der Waals surface area contributed by atoms with Crippen LogP contribution in [0.2, 0.25) is 5.02 Å². The number of likely N-dealkylation sites (N-methyl/N-ethyl adjacent to an activating group) is 1. The summed E-state index contributed by atoms with van der Waals surface area (Å²) in [4.78, 5) is 29.8. The third-order valence-corrected chi connectivity index (χ3v) is 9.14. The second kappa shape index (κ2) is 12.4. The molecule has 4 rings (SSSR count). The molecule has 2 aromatic rings. The number of esters is 1. The number of nitrogens with zero attached hydrogens (tertiary/aromatic N) is 3. The van der Waals surface area contributed by atoms with Gasteiger partial charge in [0.05, 0.1) is 28.7 Å². The number of carbonyl (C=O) groups is 2. The van der Waals surface area contributed by atoms with Gasteiger partial charge in [-0.15, -0.1) is 0 Å². The lowest BCUT2D eigenvalue weighted by atomic mass is 9.93. The van der Waals surface area contributed by atoms with Crippen LogP contribution < -0.4 is 5.32 Å². The van der Waals surface area contributed by atoms with E-state index in [9.17, 15) is 31.2 Å². The largest absolute Gasteiger partial charge is 0.463 e. The van der Waals surface area contributed by atoms with Crippen LogP contribution in [0, 0.1) is 0 Å². The molecule has 0 spiro atoms. The Labute approximate surface area is 241 Å². The van der Waals surface area contributed by atoms with Crippen LogP contribution in [0.1, 0.15) is 31.0 Å². The number of piperazine rings is 1. The Kier molecular flexibility index (Phi) is 9.32. The van der Waals surface area contributed by atoms with E-state index in [1.165, 1.54) is 45.6 Å². The Balaban J connectivity index is 1.62. The highest BCUT2D eigenvalue weighted by Crippen LogP contribution is 2.35. The van der Waals surface area contributed by atoms with Gasteiger partial charge in [-0.25, -0.2) is 18.0 Å². The first-order valence-electron chi connectivity index (χ1n) is 13.0. The Bertz CT molecular complexity index is 1410. The van der Waals surface area contributed by atoms with Crippen molar-refractivity contribution in [2.45, 2.75) is 31.0 Å². The second-order valence-corrected chi connectivity index (χ2v) is 11.8. The first-order chi connectivity index (χ1) is 19.4. The molecule has 2 heterocycles. The van der Waals surface area contributed by atoms with Crippen molar-refractivity contribution in [2.24, 2.45) is 0 Å². The van der Waals surface area contributed by atoms with Gasteiger partial charge in [0, 0.05) is 50.0 Å². The lowest BCUT2D eigenvalue weighted by Gasteiger charge is -2.40. The SMILES string of the molecule is CCOC(=O)C1=C(CN2CCN(S(=O)(=O)c3ccc(Cl)cc3)CC2)N(CC)C(=O)N[C@H]1c1ccc(C(F)(F)F)cc1. The molecule has 0 aromatic heterocycles. The van der Waals surface area contributed by atoms with E-state index in [4.69, 9.17) is 16.3 Å². The minimum atomic E-state index is -4.54. The number of rotatable bonds is 8. The lowest BCUT2D eigenvalue weighted by molar-refractivity contribution is -0.139. The number of urea groups is 1. The number of alkyl halides is 3. The molecule has 2 amide bonds. The highest BCUT2D eigenvalue weighted by molar-refractivity contribution is 7.89. The Morgan fingerprint density at radius 1 is 1.02 bits per heavy atom. The van der Waals surface area contributed by atoms with E-state index in [1.807, 2.05) is 4.90 Å². The second-order valence-electron chi connectivity index (χ2n) is 9.46. The smallest absolute Gasteiger partial charge is 0.416 e. The van der Waals surface area contributed by atoms with Gasteiger partial charge in [-0.2, -0.15) is 17.5 Å². The molecule has 1 fully saturated rings. The van der Waals surface area contributed by atoms with Crippen LogP contribution in [-0.2, 0) is 25.7 Å². The van der Waals surface area contributed by atoms with Gasteiger partial charge >= 0.3 is 18.2 Å². The van der Waals surface area contributed by atoms with E-state index in [-0.39, 0.29) is 43.3 Å². The van der Waals surface area contributed by atoms with E-state index in [0.29, 0.717) is 29.4 Å². The molecule has 2 aromatic carbocycles. The monoisotopic (exact) mass is 614 g/mol. The fourth-order valence-electron chi connectivity index (χ4n) is 4.87. The van der Waals surface area contributed by atoms with E-state index >= 15 is 0 Å². The molecular weight excluding hydrogens is 585 g/mol.